The molecule has 0 bridgehead atoms. The van der Waals surface area contributed by atoms with Crippen LogP contribution in [-0.2, 0) is 4.79 Å². The SMILES string of the molecule is CC(c1ccc(F)c(F)c1)N(C)C(=O)CN1C(=O)c2ccccc2C1=O. The van der Waals surface area contributed by atoms with E-state index in [1.807, 2.05) is 0 Å². The molecule has 134 valence electrons. The topological polar surface area (TPSA) is 57.7 Å². The van der Waals surface area contributed by atoms with Crippen LogP contribution in [-0.4, -0.2) is 41.1 Å². The Morgan fingerprint density at radius 3 is 2.15 bits per heavy atom. The molecule has 7 heteroatoms. The lowest BCUT2D eigenvalue weighted by molar-refractivity contribution is -0.132. The Balaban J connectivity index is 1.75. The van der Waals surface area contributed by atoms with Gasteiger partial charge in [-0.3, -0.25) is 19.3 Å². The van der Waals surface area contributed by atoms with E-state index >= 15 is 0 Å². The molecule has 2 aromatic rings. The van der Waals surface area contributed by atoms with Crippen molar-refractivity contribution < 1.29 is 23.2 Å². The molecule has 1 atom stereocenters. The number of fused-ring (bicyclic) bond motifs is 1. The van der Waals surface area contributed by atoms with Gasteiger partial charge in [0.1, 0.15) is 6.54 Å². The molecule has 0 fully saturated rings. The zero-order valence-electron chi connectivity index (χ0n) is 14.2. The lowest BCUT2D eigenvalue weighted by Crippen LogP contribution is -2.42. The van der Waals surface area contributed by atoms with Gasteiger partial charge >= 0.3 is 0 Å². The monoisotopic (exact) mass is 358 g/mol. The number of carbonyl (C=O) groups excluding carboxylic acids is 3. The molecule has 0 saturated heterocycles. The lowest BCUT2D eigenvalue weighted by atomic mass is 10.1. The average molecular weight is 358 g/mol. The summed E-state index contributed by atoms with van der Waals surface area (Å²) in [6.45, 7) is 1.23. The Hall–Kier alpha value is -3.09. The fourth-order valence-electron chi connectivity index (χ4n) is 2.84. The fourth-order valence-corrected chi connectivity index (χ4v) is 2.84. The number of amides is 3. The highest BCUT2D eigenvalue weighted by molar-refractivity contribution is 6.22. The second-order valence-electron chi connectivity index (χ2n) is 6.10. The van der Waals surface area contributed by atoms with Crippen molar-refractivity contribution in [1.82, 2.24) is 9.80 Å². The van der Waals surface area contributed by atoms with Crippen LogP contribution in [0.1, 0.15) is 39.2 Å². The van der Waals surface area contributed by atoms with E-state index in [1.165, 1.54) is 30.1 Å². The first kappa shape index (κ1) is 17.7. The van der Waals surface area contributed by atoms with E-state index in [1.54, 1.807) is 19.1 Å². The molecule has 0 radical (unpaired) electrons. The van der Waals surface area contributed by atoms with Crippen LogP contribution >= 0.6 is 0 Å². The Morgan fingerprint density at radius 2 is 1.62 bits per heavy atom. The molecule has 5 nitrogen and oxygen atoms in total. The van der Waals surface area contributed by atoms with Crippen LogP contribution in [0.15, 0.2) is 42.5 Å². The van der Waals surface area contributed by atoms with E-state index in [0.717, 1.165) is 17.0 Å². The number of rotatable bonds is 4. The summed E-state index contributed by atoms with van der Waals surface area (Å²) in [7, 11) is 1.48. The van der Waals surface area contributed by atoms with Crippen molar-refractivity contribution in [2.45, 2.75) is 13.0 Å². The molecule has 0 spiro atoms. The van der Waals surface area contributed by atoms with Crippen LogP contribution in [0.25, 0.3) is 0 Å². The van der Waals surface area contributed by atoms with E-state index in [-0.39, 0.29) is 11.1 Å². The van der Waals surface area contributed by atoms with Gasteiger partial charge < -0.3 is 4.90 Å². The van der Waals surface area contributed by atoms with Crippen LogP contribution < -0.4 is 0 Å². The maximum absolute atomic E-state index is 13.4. The van der Waals surface area contributed by atoms with Crippen molar-refractivity contribution in [3.05, 3.63) is 70.8 Å². The first-order valence-electron chi connectivity index (χ1n) is 7.97. The molecule has 0 N–H and O–H groups in total. The Morgan fingerprint density at radius 1 is 1.04 bits per heavy atom. The van der Waals surface area contributed by atoms with Gasteiger partial charge in [0.25, 0.3) is 11.8 Å². The molecule has 0 aromatic heterocycles. The third-order valence-corrected chi connectivity index (χ3v) is 4.57. The van der Waals surface area contributed by atoms with Crippen molar-refractivity contribution in [2.75, 3.05) is 13.6 Å². The Bertz CT molecular complexity index is 878. The smallest absolute Gasteiger partial charge is 0.262 e. The quantitative estimate of drug-likeness (QED) is 0.790. The summed E-state index contributed by atoms with van der Waals surface area (Å²) in [6.07, 6.45) is 0. The van der Waals surface area contributed by atoms with E-state index < -0.39 is 41.9 Å². The summed E-state index contributed by atoms with van der Waals surface area (Å²) in [4.78, 5) is 39.4. The average Bonchev–Trinajstić information content (AvgIpc) is 2.88. The Kier molecular flexibility index (Phi) is 4.54. The van der Waals surface area contributed by atoms with Crippen LogP contribution in [0.5, 0.6) is 0 Å². The molecule has 0 aliphatic carbocycles. The number of benzene rings is 2. The standard InChI is InChI=1S/C19H16F2N2O3/c1-11(12-7-8-15(20)16(21)9-12)22(2)17(24)10-23-18(25)13-5-3-4-6-14(13)19(23)26/h3-9,11H,10H2,1-2H3. The first-order valence-corrected chi connectivity index (χ1v) is 7.97. The van der Waals surface area contributed by atoms with Crippen molar-refractivity contribution in [3.63, 3.8) is 0 Å². The number of hydrogen-bond acceptors (Lipinski definition) is 3. The summed E-state index contributed by atoms with van der Waals surface area (Å²) in [5.41, 5.74) is 0.935. The molecule has 2 aromatic carbocycles. The first-order chi connectivity index (χ1) is 12.3. The number of halogens is 2. The minimum atomic E-state index is -1.00. The van der Waals surface area contributed by atoms with E-state index in [0.29, 0.717) is 5.56 Å². The maximum atomic E-state index is 13.4. The van der Waals surface area contributed by atoms with Gasteiger partial charge in [0.2, 0.25) is 5.91 Å². The van der Waals surface area contributed by atoms with Crippen molar-refractivity contribution in [2.24, 2.45) is 0 Å². The number of likely N-dealkylation sites (N-methyl/N-ethyl adjacent to an activating group) is 1. The second-order valence-corrected chi connectivity index (χ2v) is 6.10. The third kappa shape index (κ3) is 2.96. The highest BCUT2D eigenvalue weighted by atomic mass is 19.2. The summed E-state index contributed by atoms with van der Waals surface area (Å²) in [5.74, 6) is -3.51. The summed E-state index contributed by atoms with van der Waals surface area (Å²) in [6, 6.07) is 9.19. The number of nitrogens with zero attached hydrogens (tertiary/aromatic N) is 2. The molecule has 1 heterocycles. The van der Waals surface area contributed by atoms with Crippen LogP contribution in [0.4, 0.5) is 8.78 Å². The normalized spacial score (nSPS) is 14.4. The summed E-state index contributed by atoms with van der Waals surface area (Å²) < 4.78 is 26.5. The van der Waals surface area contributed by atoms with Gasteiger partial charge in [-0.2, -0.15) is 0 Å². The minimum Gasteiger partial charge on any atom is -0.337 e. The molecule has 0 saturated carbocycles. The molecule has 1 unspecified atom stereocenters. The maximum Gasteiger partial charge on any atom is 0.262 e. The molecule has 26 heavy (non-hydrogen) atoms. The Labute approximate surface area is 148 Å². The molecule has 1 aliphatic rings. The number of carbonyl (C=O) groups is 3. The number of imide groups is 1. The van der Waals surface area contributed by atoms with Crippen molar-refractivity contribution in [3.8, 4) is 0 Å². The van der Waals surface area contributed by atoms with Crippen LogP contribution in [0.2, 0.25) is 0 Å². The van der Waals surface area contributed by atoms with E-state index in [9.17, 15) is 23.2 Å². The van der Waals surface area contributed by atoms with E-state index in [4.69, 9.17) is 0 Å². The fraction of sp³-hybridized carbons (Fsp3) is 0.211. The van der Waals surface area contributed by atoms with Crippen LogP contribution in [0.3, 0.4) is 0 Å². The molecular weight excluding hydrogens is 342 g/mol. The van der Waals surface area contributed by atoms with Crippen molar-refractivity contribution >= 4 is 17.7 Å². The van der Waals surface area contributed by atoms with Gasteiger partial charge in [-0.15, -0.1) is 0 Å². The second kappa shape index (κ2) is 6.67. The van der Waals surface area contributed by atoms with Gasteiger partial charge in [0.15, 0.2) is 11.6 Å². The zero-order chi connectivity index (χ0) is 19.0. The lowest BCUT2D eigenvalue weighted by Gasteiger charge is -2.27. The van der Waals surface area contributed by atoms with Gasteiger partial charge in [-0.25, -0.2) is 8.78 Å². The van der Waals surface area contributed by atoms with Crippen molar-refractivity contribution in [1.29, 1.82) is 0 Å². The van der Waals surface area contributed by atoms with Gasteiger partial charge in [-0.1, -0.05) is 18.2 Å². The molecule has 1 aliphatic heterocycles. The van der Waals surface area contributed by atoms with E-state index in [2.05, 4.69) is 0 Å². The summed E-state index contributed by atoms with van der Waals surface area (Å²) >= 11 is 0. The predicted molar refractivity (Wildman–Crippen MR) is 89.4 cm³/mol. The molecule has 3 amide bonds. The highest BCUT2D eigenvalue weighted by Gasteiger charge is 2.37. The number of hydrogen-bond donors (Lipinski definition) is 0. The minimum absolute atomic E-state index is 0.265. The highest BCUT2D eigenvalue weighted by Crippen LogP contribution is 2.24. The summed E-state index contributed by atoms with van der Waals surface area (Å²) in [5, 5.41) is 0. The van der Waals surface area contributed by atoms with Gasteiger partial charge in [-0.05, 0) is 36.8 Å². The largest absolute Gasteiger partial charge is 0.337 e. The van der Waals surface area contributed by atoms with Crippen LogP contribution in [0, 0.1) is 11.6 Å². The zero-order valence-corrected chi connectivity index (χ0v) is 14.2. The third-order valence-electron chi connectivity index (χ3n) is 4.57. The predicted octanol–water partition coefficient (Wildman–Crippen LogP) is 2.78. The molecule has 3 rings (SSSR count). The van der Waals surface area contributed by atoms with Gasteiger partial charge in [0, 0.05) is 7.05 Å². The van der Waals surface area contributed by atoms with Gasteiger partial charge in [0.05, 0.1) is 17.2 Å². The molecular formula is C19H16F2N2O3.